The van der Waals surface area contributed by atoms with Gasteiger partial charge in [-0.15, -0.1) is 6.58 Å². The third-order valence-corrected chi connectivity index (χ3v) is 3.72. The van der Waals surface area contributed by atoms with Crippen LogP contribution in [0.2, 0.25) is 0 Å². The zero-order valence-electron chi connectivity index (χ0n) is 11.6. The topological polar surface area (TPSA) is 36.4 Å². The molecular weight excluding hydrogens is 266 g/mol. The minimum atomic E-state index is 0.416. The van der Waals surface area contributed by atoms with E-state index < -0.39 is 0 Å². The Labute approximate surface area is 126 Å². The SMILES string of the molecule is C=CCNC(=S)N/N=C1/CCCC[C@H]1c1ccccc1. The fraction of sp³-hybridized carbons (Fsp3) is 0.375. The Morgan fingerprint density at radius 2 is 2.15 bits per heavy atom. The summed E-state index contributed by atoms with van der Waals surface area (Å²) in [5.41, 5.74) is 5.49. The van der Waals surface area contributed by atoms with Gasteiger partial charge in [0.15, 0.2) is 5.11 Å². The van der Waals surface area contributed by atoms with E-state index in [4.69, 9.17) is 12.2 Å². The van der Waals surface area contributed by atoms with Crippen molar-refractivity contribution in [1.82, 2.24) is 10.7 Å². The van der Waals surface area contributed by atoms with Gasteiger partial charge in [0.2, 0.25) is 0 Å². The summed E-state index contributed by atoms with van der Waals surface area (Å²) in [5, 5.41) is 8.09. The standard InChI is InChI=1S/C16H21N3S/c1-2-12-17-16(20)19-18-15-11-7-6-10-14(15)13-8-4-3-5-9-13/h2-5,8-9,14H,1,6-7,10-12H2,(H2,17,19,20)/b18-15-/t14-/m0/s1. The Balaban J connectivity index is 2.03. The van der Waals surface area contributed by atoms with E-state index in [1.807, 2.05) is 0 Å². The first-order chi connectivity index (χ1) is 9.81. The number of nitrogens with one attached hydrogen (secondary N) is 2. The summed E-state index contributed by atoms with van der Waals surface area (Å²) in [4.78, 5) is 0. The summed E-state index contributed by atoms with van der Waals surface area (Å²) >= 11 is 5.17. The molecule has 1 saturated carbocycles. The molecule has 0 amide bonds. The van der Waals surface area contributed by atoms with Gasteiger partial charge in [-0.2, -0.15) is 5.10 Å². The second-order valence-electron chi connectivity index (χ2n) is 4.92. The molecule has 0 spiro atoms. The van der Waals surface area contributed by atoms with Gasteiger partial charge in [0.25, 0.3) is 0 Å². The van der Waals surface area contributed by atoms with Crippen LogP contribution in [-0.4, -0.2) is 17.4 Å². The highest BCUT2D eigenvalue weighted by atomic mass is 32.1. The smallest absolute Gasteiger partial charge is 0.187 e. The van der Waals surface area contributed by atoms with E-state index in [1.165, 1.54) is 24.1 Å². The Hall–Kier alpha value is -1.68. The minimum Gasteiger partial charge on any atom is -0.358 e. The minimum absolute atomic E-state index is 0.416. The first-order valence-electron chi connectivity index (χ1n) is 7.07. The average Bonchev–Trinajstić information content (AvgIpc) is 2.52. The molecule has 1 aromatic carbocycles. The number of benzene rings is 1. The van der Waals surface area contributed by atoms with Crippen LogP contribution < -0.4 is 10.7 Å². The number of thiocarbonyl (C=S) groups is 1. The lowest BCUT2D eigenvalue weighted by Crippen LogP contribution is -2.33. The highest BCUT2D eigenvalue weighted by molar-refractivity contribution is 7.80. The van der Waals surface area contributed by atoms with E-state index in [0.717, 1.165) is 12.8 Å². The summed E-state index contributed by atoms with van der Waals surface area (Å²) < 4.78 is 0. The summed E-state index contributed by atoms with van der Waals surface area (Å²) in [6, 6.07) is 10.6. The predicted molar refractivity (Wildman–Crippen MR) is 89.0 cm³/mol. The van der Waals surface area contributed by atoms with Crippen molar-refractivity contribution in [2.75, 3.05) is 6.54 Å². The molecule has 1 fully saturated rings. The quantitative estimate of drug-likeness (QED) is 0.506. The summed E-state index contributed by atoms with van der Waals surface area (Å²) in [6.07, 6.45) is 6.44. The summed E-state index contributed by atoms with van der Waals surface area (Å²) in [7, 11) is 0. The molecule has 0 aromatic heterocycles. The van der Waals surface area contributed by atoms with Crippen LogP contribution in [0, 0.1) is 0 Å². The lowest BCUT2D eigenvalue weighted by Gasteiger charge is -2.24. The third kappa shape index (κ3) is 4.17. The van der Waals surface area contributed by atoms with Gasteiger partial charge < -0.3 is 5.32 Å². The average molecular weight is 287 g/mol. The number of nitrogens with zero attached hydrogens (tertiary/aromatic N) is 1. The van der Waals surface area contributed by atoms with Crippen LogP contribution in [0.3, 0.4) is 0 Å². The van der Waals surface area contributed by atoms with E-state index in [2.05, 4.69) is 52.8 Å². The van der Waals surface area contributed by atoms with E-state index in [0.29, 0.717) is 17.6 Å². The van der Waals surface area contributed by atoms with Crippen LogP contribution in [0.4, 0.5) is 0 Å². The maximum Gasteiger partial charge on any atom is 0.187 e. The zero-order chi connectivity index (χ0) is 14.2. The van der Waals surface area contributed by atoms with Gasteiger partial charge in [-0.05, 0) is 37.0 Å². The number of hydrazone groups is 1. The predicted octanol–water partition coefficient (Wildman–Crippen LogP) is 3.35. The van der Waals surface area contributed by atoms with Gasteiger partial charge >= 0.3 is 0 Å². The molecule has 106 valence electrons. The van der Waals surface area contributed by atoms with Crippen LogP contribution in [0.15, 0.2) is 48.1 Å². The normalized spacial score (nSPS) is 20.4. The molecule has 4 heteroatoms. The van der Waals surface area contributed by atoms with Gasteiger partial charge in [-0.3, -0.25) is 5.43 Å². The second kappa shape index (κ2) is 7.80. The van der Waals surface area contributed by atoms with Crippen LogP contribution in [0.5, 0.6) is 0 Å². The van der Waals surface area contributed by atoms with Crippen molar-refractivity contribution in [3.63, 3.8) is 0 Å². The molecule has 20 heavy (non-hydrogen) atoms. The highest BCUT2D eigenvalue weighted by Gasteiger charge is 2.22. The number of rotatable bonds is 4. The van der Waals surface area contributed by atoms with Crippen LogP contribution in [0.1, 0.15) is 37.2 Å². The molecule has 2 rings (SSSR count). The van der Waals surface area contributed by atoms with Crippen molar-refractivity contribution in [3.8, 4) is 0 Å². The molecule has 2 N–H and O–H groups in total. The molecule has 1 atom stereocenters. The lowest BCUT2D eigenvalue weighted by atomic mass is 9.82. The van der Waals surface area contributed by atoms with Gasteiger partial charge in [-0.25, -0.2) is 0 Å². The molecule has 0 unspecified atom stereocenters. The first kappa shape index (κ1) is 14.7. The van der Waals surface area contributed by atoms with Crippen LogP contribution in [-0.2, 0) is 0 Å². The third-order valence-electron chi connectivity index (χ3n) is 3.49. The van der Waals surface area contributed by atoms with Crippen molar-refractivity contribution < 1.29 is 0 Å². The van der Waals surface area contributed by atoms with Crippen LogP contribution in [0.25, 0.3) is 0 Å². The molecular formula is C16H21N3S. The largest absolute Gasteiger partial charge is 0.358 e. The second-order valence-corrected chi connectivity index (χ2v) is 5.33. The zero-order valence-corrected chi connectivity index (χ0v) is 12.5. The van der Waals surface area contributed by atoms with Gasteiger partial charge in [-0.1, -0.05) is 42.8 Å². The Kier molecular flexibility index (Phi) is 5.74. The Morgan fingerprint density at radius 3 is 2.90 bits per heavy atom. The molecule has 3 nitrogen and oxygen atoms in total. The molecule has 1 aliphatic rings. The highest BCUT2D eigenvalue weighted by Crippen LogP contribution is 2.30. The Bertz CT molecular complexity index is 482. The molecule has 0 radical (unpaired) electrons. The lowest BCUT2D eigenvalue weighted by molar-refractivity contribution is 0.608. The van der Waals surface area contributed by atoms with Crippen molar-refractivity contribution in [2.24, 2.45) is 5.10 Å². The van der Waals surface area contributed by atoms with Crippen molar-refractivity contribution in [2.45, 2.75) is 31.6 Å². The molecule has 1 aromatic rings. The van der Waals surface area contributed by atoms with Gasteiger partial charge in [0, 0.05) is 18.2 Å². The van der Waals surface area contributed by atoms with Crippen LogP contribution >= 0.6 is 12.2 Å². The maximum absolute atomic E-state index is 5.17. The molecule has 0 bridgehead atoms. The number of hydrogen-bond acceptors (Lipinski definition) is 2. The van der Waals surface area contributed by atoms with Gasteiger partial charge in [0.05, 0.1) is 0 Å². The summed E-state index contributed by atoms with van der Waals surface area (Å²) in [5.74, 6) is 0.416. The van der Waals surface area contributed by atoms with E-state index in [9.17, 15) is 0 Å². The van der Waals surface area contributed by atoms with E-state index in [-0.39, 0.29) is 0 Å². The summed E-state index contributed by atoms with van der Waals surface area (Å²) in [6.45, 7) is 4.30. The molecule has 0 saturated heterocycles. The van der Waals surface area contributed by atoms with Crippen molar-refractivity contribution in [3.05, 3.63) is 48.6 Å². The molecule has 0 heterocycles. The fourth-order valence-electron chi connectivity index (χ4n) is 2.50. The van der Waals surface area contributed by atoms with E-state index in [1.54, 1.807) is 6.08 Å². The molecule has 0 aliphatic heterocycles. The maximum atomic E-state index is 5.17. The fourth-order valence-corrected chi connectivity index (χ4v) is 2.63. The monoisotopic (exact) mass is 287 g/mol. The van der Waals surface area contributed by atoms with Gasteiger partial charge in [0.1, 0.15) is 0 Å². The molecule has 1 aliphatic carbocycles. The Morgan fingerprint density at radius 1 is 1.35 bits per heavy atom. The first-order valence-corrected chi connectivity index (χ1v) is 7.48. The van der Waals surface area contributed by atoms with E-state index >= 15 is 0 Å². The number of hydrogen-bond donors (Lipinski definition) is 2. The van der Waals surface area contributed by atoms with Crippen molar-refractivity contribution in [1.29, 1.82) is 0 Å². The van der Waals surface area contributed by atoms with Crippen molar-refractivity contribution >= 4 is 23.0 Å².